The topological polar surface area (TPSA) is 86.4 Å². The molecule has 0 aromatic heterocycles. The Labute approximate surface area is 535 Å². The fourth-order valence-corrected chi connectivity index (χ4v) is 8.95. The lowest BCUT2D eigenvalue weighted by Gasteiger charge is -2.08. The molecule has 8 aromatic rings. The van der Waals surface area contributed by atoms with E-state index >= 15 is 0 Å². The number of aliphatic imine (C=N–C) groups is 4. The van der Waals surface area contributed by atoms with E-state index in [-0.39, 0.29) is 0 Å². The summed E-state index contributed by atoms with van der Waals surface area (Å²) in [6.45, 7) is 13.1. The SMILES string of the molecule is C=C/C(=C\C)N=C=C(c1ccccc1)c1ccc(OC/C=C/C(=C\C)N=C=C(c2ccccc2)c2ccc(OC/C=C/C(=C\C)N=C=C(c3ccccc3)c3ccc(OC/C=C/C(=C\C)N=C=C(c4ccccc4)c4ccc(OCCCl)cc4)cc3)cc2)cc1. The summed E-state index contributed by atoms with van der Waals surface area (Å²) in [5.41, 5.74) is 14.2. The van der Waals surface area contributed by atoms with E-state index in [9.17, 15) is 0 Å². The number of halogens is 1. The Morgan fingerprint density at radius 2 is 0.567 bits per heavy atom. The molecule has 90 heavy (non-hydrogen) atoms. The maximum absolute atomic E-state index is 6.18. The van der Waals surface area contributed by atoms with Crippen LogP contribution in [0.25, 0.3) is 22.3 Å². The molecule has 0 aliphatic rings. The van der Waals surface area contributed by atoms with Crippen LogP contribution in [-0.2, 0) is 0 Å². The number of allylic oxidation sites excluding steroid dienone is 8. The highest BCUT2D eigenvalue weighted by molar-refractivity contribution is 6.18. The van der Waals surface area contributed by atoms with Gasteiger partial charge in [0.25, 0.3) is 0 Å². The maximum Gasteiger partial charge on any atom is 0.119 e. The van der Waals surface area contributed by atoms with E-state index in [4.69, 9.17) is 45.5 Å². The largest absolute Gasteiger partial charge is 0.492 e. The number of ether oxygens (including phenoxy) is 4. The van der Waals surface area contributed by atoms with Crippen LogP contribution >= 0.6 is 11.6 Å². The minimum atomic E-state index is 0.334. The average molecular weight is 1200 g/mol. The molecular weight excluding hydrogens is 1130 g/mol. The minimum Gasteiger partial charge on any atom is -0.492 e. The second-order valence-corrected chi connectivity index (χ2v) is 20.1. The standard InChI is InChI=1S/C81H71ClN4O4/c1-6-70(7-2)83-58-78(62-26-15-11-16-27-62)66-37-45-74(46-38-66)87-54-23-34-71(8-3)84-59-79(63-28-17-12-18-29-63)67-39-47-75(48-40-67)88-55-24-35-72(9-4)85-60-80(64-30-19-13-20-31-64)68-41-49-76(50-42-68)89-56-25-36-73(10-5)86-61-81(65-32-21-14-22-33-65)69-43-51-77(52-44-69)90-57-53-82/h6-52H,1,53-57H2,2-5H3/b34-23+,35-24+,36-25+,70-7+,71-8+,72-9+,73-10+. The zero-order valence-corrected chi connectivity index (χ0v) is 51.9. The Kier molecular flexibility index (Phi) is 26.1. The maximum atomic E-state index is 6.18. The molecule has 0 amide bonds. The average Bonchev–Trinajstić information content (AvgIpc) is 2.87. The molecule has 9 heteroatoms. The first-order valence-corrected chi connectivity index (χ1v) is 30.2. The zero-order valence-electron chi connectivity index (χ0n) is 51.2. The van der Waals surface area contributed by atoms with E-state index in [1.54, 1.807) is 6.08 Å². The van der Waals surface area contributed by atoms with Gasteiger partial charge in [0.1, 0.15) is 49.4 Å². The molecule has 8 rings (SSSR count). The van der Waals surface area contributed by atoms with E-state index in [0.717, 1.165) is 113 Å². The first kappa shape index (κ1) is 65.0. The van der Waals surface area contributed by atoms with E-state index in [1.807, 2.05) is 283 Å². The van der Waals surface area contributed by atoms with Crippen molar-refractivity contribution in [2.75, 3.05) is 32.3 Å². The molecule has 0 spiro atoms. The molecule has 446 valence electrons. The molecular formula is C81H71ClN4O4. The number of alkyl halides is 1. The lowest BCUT2D eigenvalue weighted by atomic mass is 9.99. The monoisotopic (exact) mass is 1200 g/mol. The van der Waals surface area contributed by atoms with Crippen LogP contribution in [0, 0.1) is 0 Å². The molecule has 0 bridgehead atoms. The van der Waals surface area contributed by atoms with Gasteiger partial charge in [-0.2, -0.15) is 0 Å². The van der Waals surface area contributed by atoms with Crippen LogP contribution in [0.3, 0.4) is 0 Å². The lowest BCUT2D eigenvalue weighted by molar-refractivity contribution is 0.343. The third-order valence-electron chi connectivity index (χ3n) is 13.7. The number of nitrogens with zero attached hydrogens (tertiary/aromatic N) is 4. The van der Waals surface area contributed by atoms with E-state index < -0.39 is 0 Å². The summed E-state index contributed by atoms with van der Waals surface area (Å²) in [7, 11) is 0. The normalized spacial score (nSPS) is 11.6. The number of hydrogen-bond acceptors (Lipinski definition) is 8. The Balaban J connectivity index is 0.871. The van der Waals surface area contributed by atoms with Crippen molar-refractivity contribution in [3.63, 3.8) is 0 Å². The van der Waals surface area contributed by atoms with Gasteiger partial charge in [0.15, 0.2) is 0 Å². The van der Waals surface area contributed by atoms with Crippen LogP contribution in [-0.4, -0.2) is 55.8 Å². The quantitative estimate of drug-likeness (QED) is 0.0278. The van der Waals surface area contributed by atoms with Crippen molar-refractivity contribution in [2.45, 2.75) is 27.7 Å². The van der Waals surface area contributed by atoms with Crippen molar-refractivity contribution >= 4 is 57.4 Å². The van der Waals surface area contributed by atoms with Crippen LogP contribution < -0.4 is 18.9 Å². The Hall–Kier alpha value is -11.0. The number of benzene rings is 8. The Bertz CT molecular complexity index is 4130. The van der Waals surface area contributed by atoms with Crippen molar-refractivity contribution in [1.82, 2.24) is 0 Å². The van der Waals surface area contributed by atoms with Gasteiger partial charge in [-0.15, -0.1) is 11.6 Å². The minimum absolute atomic E-state index is 0.334. The van der Waals surface area contributed by atoms with Crippen LogP contribution in [0.5, 0.6) is 23.0 Å². The third-order valence-corrected chi connectivity index (χ3v) is 13.8. The van der Waals surface area contributed by atoms with Crippen LogP contribution in [0.2, 0.25) is 0 Å². The predicted molar refractivity (Wildman–Crippen MR) is 377 cm³/mol. The van der Waals surface area contributed by atoms with Crippen LogP contribution in [0.15, 0.2) is 335 Å². The molecule has 8 aromatic carbocycles. The van der Waals surface area contributed by atoms with Gasteiger partial charge in [0.2, 0.25) is 0 Å². The summed E-state index contributed by atoms with van der Waals surface area (Å²) < 4.78 is 24.1. The van der Waals surface area contributed by atoms with E-state index in [2.05, 4.69) is 59.3 Å². The molecule has 0 unspecified atom stereocenters. The first-order valence-electron chi connectivity index (χ1n) is 29.7. The summed E-state index contributed by atoms with van der Waals surface area (Å²) in [6, 6.07) is 72.2. The predicted octanol–water partition coefficient (Wildman–Crippen LogP) is 19.4. The fourth-order valence-electron chi connectivity index (χ4n) is 8.87. The summed E-state index contributed by atoms with van der Waals surface area (Å²) in [6.07, 6.45) is 21.1. The highest BCUT2D eigenvalue weighted by Crippen LogP contribution is 2.28. The van der Waals surface area contributed by atoms with E-state index in [0.29, 0.717) is 32.3 Å². The Morgan fingerprint density at radius 1 is 0.333 bits per heavy atom. The van der Waals surface area contributed by atoms with Gasteiger partial charge in [-0.3, -0.25) is 0 Å². The highest BCUT2D eigenvalue weighted by atomic mass is 35.5. The van der Waals surface area contributed by atoms with Gasteiger partial charge < -0.3 is 18.9 Å². The molecule has 0 saturated heterocycles. The second kappa shape index (κ2) is 36.2. The first-order chi connectivity index (χ1) is 44.4. The molecule has 0 fully saturated rings. The van der Waals surface area contributed by atoms with Crippen molar-refractivity contribution in [3.8, 4) is 23.0 Å². The molecule has 0 radical (unpaired) electrons. The molecule has 0 aliphatic heterocycles. The molecule has 0 atom stereocenters. The summed E-state index contributed by atoms with van der Waals surface area (Å²) >= 11 is 5.82. The number of rotatable bonds is 28. The Morgan fingerprint density at radius 3 is 0.800 bits per heavy atom. The molecule has 0 saturated carbocycles. The summed E-state index contributed by atoms with van der Waals surface area (Å²) in [5.74, 6) is 16.6. The van der Waals surface area contributed by atoms with Gasteiger partial charge in [-0.1, -0.05) is 152 Å². The van der Waals surface area contributed by atoms with Crippen molar-refractivity contribution in [1.29, 1.82) is 0 Å². The van der Waals surface area contributed by atoms with E-state index in [1.165, 1.54) is 0 Å². The van der Waals surface area contributed by atoms with Gasteiger partial charge in [0, 0.05) is 0 Å². The van der Waals surface area contributed by atoms with Gasteiger partial charge in [-0.25, -0.2) is 20.0 Å². The molecule has 0 heterocycles. The fraction of sp³-hybridized carbons (Fsp3) is 0.111. The van der Waals surface area contributed by atoms with Crippen LogP contribution in [0.4, 0.5) is 0 Å². The summed E-state index contributed by atoms with van der Waals surface area (Å²) in [5, 5.41) is 0. The third kappa shape index (κ3) is 20.3. The lowest BCUT2D eigenvalue weighted by Crippen LogP contribution is -1.98. The molecule has 0 N–H and O–H groups in total. The van der Waals surface area contributed by atoms with Crippen molar-refractivity contribution < 1.29 is 18.9 Å². The van der Waals surface area contributed by atoms with Crippen LogP contribution in [0.1, 0.15) is 72.2 Å². The summed E-state index contributed by atoms with van der Waals surface area (Å²) in [4.78, 5) is 18.8. The molecule has 0 aliphatic carbocycles. The van der Waals surface area contributed by atoms with Crippen molar-refractivity contribution in [2.24, 2.45) is 20.0 Å². The highest BCUT2D eigenvalue weighted by Gasteiger charge is 2.10. The van der Waals surface area contributed by atoms with Crippen molar-refractivity contribution in [3.05, 3.63) is 359 Å². The molecule has 8 nitrogen and oxygen atoms in total. The van der Waals surface area contributed by atoms with Gasteiger partial charge >= 0.3 is 0 Å². The number of hydrogen-bond donors (Lipinski definition) is 0. The van der Waals surface area contributed by atoms with Gasteiger partial charge in [0.05, 0.1) is 51.0 Å². The smallest absolute Gasteiger partial charge is 0.119 e. The van der Waals surface area contributed by atoms with Gasteiger partial charge in [-0.05, 0) is 235 Å². The second-order valence-electron chi connectivity index (χ2n) is 19.7. The zero-order chi connectivity index (χ0) is 62.8.